The van der Waals surface area contributed by atoms with Gasteiger partial charge in [-0.1, -0.05) is 90.6 Å². The standard InChI is InChI=1S/C17H36F3P3/c1-13(2,3)22(14(4,5)6)21-23(15(7,8)9,16(10,11)12)17(18,19)20/h1-12H3. The van der Waals surface area contributed by atoms with E-state index in [1.54, 1.807) is 41.5 Å². The third kappa shape index (κ3) is 4.99. The quantitative estimate of drug-likeness (QED) is 0.392. The van der Waals surface area contributed by atoms with Crippen LogP contribution in [0.1, 0.15) is 83.1 Å². The van der Waals surface area contributed by atoms with Crippen LogP contribution < -0.4 is 0 Å². The summed E-state index contributed by atoms with van der Waals surface area (Å²) in [5, 5.41) is -1.74. The zero-order chi connectivity index (χ0) is 19.3. The summed E-state index contributed by atoms with van der Waals surface area (Å²) >= 11 is 0. The molecule has 0 atom stereocenters. The zero-order valence-electron chi connectivity index (χ0n) is 17.0. The minimum absolute atomic E-state index is 0.109. The summed E-state index contributed by atoms with van der Waals surface area (Å²) in [7, 11) is -0.164. The molecule has 0 amide bonds. The van der Waals surface area contributed by atoms with Gasteiger partial charge in [-0.25, -0.2) is 0 Å². The van der Waals surface area contributed by atoms with E-state index >= 15 is 0 Å². The van der Waals surface area contributed by atoms with Crippen molar-refractivity contribution in [2.45, 2.75) is 110 Å². The molecule has 0 aliphatic rings. The molecule has 0 aromatic rings. The van der Waals surface area contributed by atoms with E-state index in [0.717, 1.165) is 0 Å². The minimum Gasteiger partial charge on any atom is -0.167 e. The first-order chi connectivity index (χ1) is 9.59. The van der Waals surface area contributed by atoms with Crippen molar-refractivity contribution in [2.24, 2.45) is 0 Å². The van der Waals surface area contributed by atoms with Gasteiger partial charge in [-0.15, -0.1) is 0 Å². The maximum atomic E-state index is 14.6. The normalized spacial score (nSPS) is 16.3. The van der Waals surface area contributed by atoms with Crippen LogP contribution in [0, 0.1) is 0 Å². The molecule has 0 N–H and O–H groups in total. The second-order valence-electron chi connectivity index (χ2n) is 10.2. The summed E-state index contributed by atoms with van der Waals surface area (Å²) in [4.78, 5) is 0. The van der Waals surface area contributed by atoms with E-state index in [0.29, 0.717) is 7.56 Å². The molecule has 0 aliphatic carbocycles. The van der Waals surface area contributed by atoms with E-state index in [-0.39, 0.29) is 10.3 Å². The molecule has 0 aromatic heterocycles. The van der Waals surface area contributed by atoms with Crippen LogP contribution in [-0.4, -0.2) is 26.5 Å². The Morgan fingerprint density at radius 3 is 1.00 bits per heavy atom. The van der Waals surface area contributed by atoms with Gasteiger partial charge < -0.3 is 0 Å². The SMILES string of the molecule is CC(C)(C)P(P=P(C(C)(C)C)(C(C)(C)C)C(F)(F)F)C(C)(C)C. The summed E-state index contributed by atoms with van der Waals surface area (Å²) in [6.07, 6.45) is 0. The monoisotopic (exact) mass is 390 g/mol. The molecule has 0 saturated carbocycles. The van der Waals surface area contributed by atoms with Crippen molar-refractivity contribution in [2.75, 3.05) is 0 Å². The molecule has 0 rings (SSSR count). The van der Waals surface area contributed by atoms with Crippen molar-refractivity contribution in [1.82, 2.24) is 0 Å². The predicted octanol–water partition coefficient (Wildman–Crippen LogP) is 8.98. The summed E-state index contributed by atoms with van der Waals surface area (Å²) in [5.74, 6) is -4.14. The largest absolute Gasteiger partial charge is 0.409 e. The predicted molar refractivity (Wildman–Crippen MR) is 106 cm³/mol. The van der Waals surface area contributed by atoms with Gasteiger partial charge in [0.05, 0.1) is 0 Å². The molecule has 0 unspecified atom stereocenters. The highest BCUT2D eigenvalue weighted by atomic mass is 32.3. The molecule has 0 radical (unpaired) electrons. The molecule has 0 fully saturated rings. The number of rotatable bonds is 1. The number of hydrogen-bond donors (Lipinski definition) is 0. The van der Waals surface area contributed by atoms with Gasteiger partial charge in [-0.3, -0.25) is 0 Å². The van der Waals surface area contributed by atoms with Crippen LogP contribution in [0.5, 0.6) is 0 Å². The molecule has 0 saturated heterocycles. The van der Waals surface area contributed by atoms with E-state index < -0.39 is 30.4 Å². The van der Waals surface area contributed by atoms with E-state index in [2.05, 4.69) is 41.5 Å². The lowest BCUT2D eigenvalue weighted by atomic mass is 10.2. The third-order valence-corrected chi connectivity index (χ3v) is 24.7. The van der Waals surface area contributed by atoms with Gasteiger partial charge in [0.2, 0.25) is 0 Å². The lowest BCUT2D eigenvalue weighted by molar-refractivity contribution is -0.0443. The van der Waals surface area contributed by atoms with Crippen molar-refractivity contribution in [1.29, 1.82) is 0 Å². The topological polar surface area (TPSA) is 0 Å². The maximum Gasteiger partial charge on any atom is 0.409 e. The molecule has 0 aromatic carbocycles. The maximum absolute atomic E-state index is 14.6. The second-order valence-corrected chi connectivity index (χ2v) is 23.3. The van der Waals surface area contributed by atoms with Gasteiger partial charge in [-0.05, 0) is 28.2 Å². The molecule has 0 nitrogen and oxygen atoms in total. The smallest absolute Gasteiger partial charge is 0.167 e. The molecule has 6 heteroatoms. The summed E-state index contributed by atoms with van der Waals surface area (Å²) in [5.41, 5.74) is 0. The van der Waals surface area contributed by atoms with Crippen LogP contribution in [-0.2, 0) is 0 Å². The van der Waals surface area contributed by atoms with E-state index in [4.69, 9.17) is 0 Å². The van der Waals surface area contributed by atoms with Gasteiger partial charge in [0, 0.05) is 6.55 Å². The molecule has 0 spiro atoms. The fraction of sp³-hybridized carbons (Fsp3) is 1.00. The van der Waals surface area contributed by atoms with Gasteiger partial charge >= 0.3 is 5.92 Å². The van der Waals surface area contributed by atoms with Crippen LogP contribution in [0.25, 0.3) is 0 Å². The Labute approximate surface area is 145 Å². The van der Waals surface area contributed by atoms with Crippen molar-refractivity contribution in [3.63, 3.8) is 0 Å². The van der Waals surface area contributed by atoms with Gasteiger partial charge in [0.15, 0.2) is 0 Å². The molecule has 0 heterocycles. The van der Waals surface area contributed by atoms with E-state index in [9.17, 15) is 13.2 Å². The highest BCUT2D eigenvalue weighted by Crippen LogP contribution is 2.89. The average Bonchev–Trinajstić information content (AvgIpc) is 2.05. The highest BCUT2D eigenvalue weighted by Gasteiger charge is 2.60. The molecule has 23 heavy (non-hydrogen) atoms. The lowest BCUT2D eigenvalue weighted by Gasteiger charge is -2.51. The summed E-state index contributed by atoms with van der Waals surface area (Å²) in [6.45, 7) is 20.1. The number of hydrogen-bond acceptors (Lipinski definition) is 0. The molecule has 0 aliphatic heterocycles. The van der Waals surface area contributed by atoms with Crippen molar-refractivity contribution >= 4 is 21.7 Å². The van der Waals surface area contributed by atoms with Gasteiger partial charge in [0.25, 0.3) is 0 Å². The fourth-order valence-electron chi connectivity index (χ4n) is 3.49. The van der Waals surface area contributed by atoms with Gasteiger partial charge in [0.1, 0.15) is 0 Å². The Morgan fingerprint density at radius 1 is 0.609 bits per heavy atom. The van der Waals surface area contributed by atoms with Crippen LogP contribution in [0.4, 0.5) is 13.2 Å². The Morgan fingerprint density at radius 2 is 0.870 bits per heavy atom. The molecular weight excluding hydrogens is 354 g/mol. The number of halogens is 3. The zero-order valence-corrected chi connectivity index (χ0v) is 19.7. The number of alkyl halides is 3. The Balaban J connectivity index is 7.07. The highest BCUT2D eigenvalue weighted by molar-refractivity contribution is 8.40. The lowest BCUT2D eigenvalue weighted by Crippen LogP contribution is -2.36. The first kappa shape index (κ1) is 23.9. The van der Waals surface area contributed by atoms with E-state index in [1.807, 2.05) is 0 Å². The average molecular weight is 390 g/mol. The summed E-state index contributed by atoms with van der Waals surface area (Å²) < 4.78 is 43.7. The Bertz CT molecular complexity index is 407. The molecule has 0 bridgehead atoms. The van der Waals surface area contributed by atoms with E-state index in [1.165, 1.54) is 0 Å². The van der Waals surface area contributed by atoms with Crippen molar-refractivity contribution in [3.05, 3.63) is 0 Å². The molecular formula is C17H36F3P3. The third-order valence-electron chi connectivity index (χ3n) is 3.80. The molecule has 140 valence electrons. The van der Waals surface area contributed by atoms with Crippen LogP contribution in [0.2, 0.25) is 0 Å². The Kier molecular flexibility index (Phi) is 6.87. The van der Waals surface area contributed by atoms with Crippen LogP contribution >= 0.6 is 21.7 Å². The minimum atomic E-state index is -4.14. The Hall–Kier alpha value is 0.950. The second kappa shape index (κ2) is 6.59. The van der Waals surface area contributed by atoms with Crippen molar-refractivity contribution in [3.8, 4) is 0 Å². The van der Waals surface area contributed by atoms with Gasteiger partial charge in [-0.2, -0.15) is 13.2 Å². The first-order valence-electron chi connectivity index (χ1n) is 8.08. The summed E-state index contributed by atoms with van der Waals surface area (Å²) in [6, 6.07) is 0. The van der Waals surface area contributed by atoms with Crippen LogP contribution in [0.3, 0.4) is 0 Å². The van der Waals surface area contributed by atoms with Crippen molar-refractivity contribution < 1.29 is 13.2 Å². The van der Waals surface area contributed by atoms with Crippen LogP contribution in [0.15, 0.2) is 0 Å². The fourth-order valence-corrected chi connectivity index (χ4v) is 27.8. The first-order valence-corrected chi connectivity index (χ1v) is 13.5.